The Bertz CT molecular complexity index is 959. The van der Waals surface area contributed by atoms with Crippen LogP contribution in [0.15, 0.2) is 67.0 Å². The van der Waals surface area contributed by atoms with E-state index in [0.29, 0.717) is 18.2 Å². The van der Waals surface area contributed by atoms with Gasteiger partial charge in [0, 0.05) is 24.6 Å². The lowest BCUT2D eigenvalue weighted by Gasteiger charge is -2.20. The number of methoxy groups -OCH3 is 1. The van der Waals surface area contributed by atoms with Crippen molar-refractivity contribution in [1.82, 2.24) is 9.97 Å². The second-order valence-corrected chi connectivity index (χ2v) is 5.84. The van der Waals surface area contributed by atoms with Gasteiger partial charge in [-0.15, -0.1) is 0 Å². The van der Waals surface area contributed by atoms with Gasteiger partial charge >= 0.3 is 5.97 Å². The molecule has 0 spiro atoms. The summed E-state index contributed by atoms with van der Waals surface area (Å²) >= 11 is 0. The third kappa shape index (κ3) is 4.15. The zero-order chi connectivity index (χ0) is 19.9. The number of aromatic nitrogens is 2. The molecule has 1 heterocycles. The molecular formula is C21H20N4O3. The van der Waals surface area contributed by atoms with Gasteiger partial charge in [0.1, 0.15) is 0 Å². The zero-order valence-electron chi connectivity index (χ0n) is 15.6. The van der Waals surface area contributed by atoms with Gasteiger partial charge < -0.3 is 15.0 Å². The molecule has 0 saturated heterocycles. The maximum Gasteiger partial charge on any atom is 0.339 e. The second kappa shape index (κ2) is 8.77. The highest BCUT2D eigenvalue weighted by Gasteiger charge is 2.16. The zero-order valence-corrected chi connectivity index (χ0v) is 15.6. The summed E-state index contributed by atoms with van der Waals surface area (Å²) in [5, 5.41) is 2.70. The first-order chi connectivity index (χ1) is 13.6. The standard InChI is InChI=1S/C21H20N4O3/c1-3-25(16-9-5-4-6-10-16)21-22-13-15(14-23-21)19(26)24-18-12-8-7-11-17(18)20(27)28-2/h4-14H,3H2,1-2H3,(H,24,26). The van der Waals surface area contributed by atoms with Crippen LogP contribution in [0, 0.1) is 0 Å². The highest BCUT2D eigenvalue weighted by molar-refractivity contribution is 6.07. The molecule has 3 aromatic rings. The Balaban J connectivity index is 1.79. The Labute approximate surface area is 163 Å². The summed E-state index contributed by atoms with van der Waals surface area (Å²) in [6, 6.07) is 16.4. The fourth-order valence-corrected chi connectivity index (χ4v) is 2.70. The topological polar surface area (TPSA) is 84.4 Å². The lowest BCUT2D eigenvalue weighted by Crippen LogP contribution is -2.20. The first-order valence-electron chi connectivity index (χ1n) is 8.77. The van der Waals surface area contributed by atoms with Crippen molar-refractivity contribution in [2.24, 2.45) is 0 Å². The van der Waals surface area contributed by atoms with Crippen molar-refractivity contribution < 1.29 is 14.3 Å². The number of anilines is 3. The van der Waals surface area contributed by atoms with Gasteiger partial charge in [-0.1, -0.05) is 30.3 Å². The molecule has 0 aliphatic rings. The summed E-state index contributed by atoms with van der Waals surface area (Å²) in [5.41, 5.74) is 1.89. The van der Waals surface area contributed by atoms with E-state index in [0.717, 1.165) is 5.69 Å². The number of hydrogen-bond acceptors (Lipinski definition) is 6. The smallest absolute Gasteiger partial charge is 0.339 e. The number of nitrogens with one attached hydrogen (secondary N) is 1. The maximum absolute atomic E-state index is 12.5. The Morgan fingerprint density at radius 2 is 1.64 bits per heavy atom. The van der Waals surface area contributed by atoms with Crippen molar-refractivity contribution in [3.8, 4) is 0 Å². The highest BCUT2D eigenvalue weighted by atomic mass is 16.5. The van der Waals surface area contributed by atoms with Gasteiger partial charge in [0.05, 0.1) is 23.9 Å². The predicted octanol–water partition coefficient (Wildman–Crippen LogP) is 3.67. The normalized spacial score (nSPS) is 10.2. The van der Waals surface area contributed by atoms with E-state index in [4.69, 9.17) is 4.74 Å². The molecule has 1 aromatic heterocycles. The van der Waals surface area contributed by atoms with E-state index in [1.54, 1.807) is 24.3 Å². The SMILES string of the molecule is CCN(c1ccccc1)c1ncc(C(=O)Nc2ccccc2C(=O)OC)cn1. The summed E-state index contributed by atoms with van der Waals surface area (Å²) < 4.78 is 4.74. The minimum Gasteiger partial charge on any atom is -0.465 e. The Kier molecular flexibility index (Phi) is 5.96. The quantitative estimate of drug-likeness (QED) is 0.661. The van der Waals surface area contributed by atoms with Gasteiger partial charge in [-0.3, -0.25) is 4.79 Å². The molecule has 0 aliphatic carbocycles. The molecule has 142 valence electrons. The van der Waals surface area contributed by atoms with Crippen LogP contribution in [0.3, 0.4) is 0 Å². The van der Waals surface area contributed by atoms with Gasteiger partial charge in [-0.05, 0) is 31.2 Å². The second-order valence-electron chi connectivity index (χ2n) is 5.84. The van der Waals surface area contributed by atoms with Crippen molar-refractivity contribution in [3.05, 3.63) is 78.1 Å². The summed E-state index contributed by atoms with van der Waals surface area (Å²) in [4.78, 5) is 35.0. The molecule has 0 atom stereocenters. The van der Waals surface area contributed by atoms with E-state index in [-0.39, 0.29) is 11.1 Å². The number of hydrogen-bond donors (Lipinski definition) is 1. The van der Waals surface area contributed by atoms with Crippen LogP contribution >= 0.6 is 0 Å². The number of ether oxygens (including phenoxy) is 1. The Morgan fingerprint density at radius 3 is 2.29 bits per heavy atom. The first kappa shape index (κ1) is 19.0. The van der Waals surface area contributed by atoms with Crippen molar-refractivity contribution >= 4 is 29.2 Å². The lowest BCUT2D eigenvalue weighted by molar-refractivity contribution is 0.0602. The minimum absolute atomic E-state index is 0.275. The predicted molar refractivity (Wildman–Crippen MR) is 107 cm³/mol. The Hall–Kier alpha value is -3.74. The molecule has 0 bridgehead atoms. The molecule has 3 rings (SSSR count). The van der Waals surface area contributed by atoms with E-state index in [9.17, 15) is 9.59 Å². The fraction of sp³-hybridized carbons (Fsp3) is 0.143. The fourth-order valence-electron chi connectivity index (χ4n) is 2.70. The molecule has 0 aliphatic heterocycles. The third-order valence-corrected chi connectivity index (χ3v) is 4.11. The van der Waals surface area contributed by atoms with Crippen LogP contribution in [-0.2, 0) is 4.74 Å². The number of amides is 1. The summed E-state index contributed by atoms with van der Waals surface area (Å²) in [5.74, 6) is -0.435. The largest absolute Gasteiger partial charge is 0.465 e. The molecule has 1 amide bonds. The summed E-state index contributed by atoms with van der Waals surface area (Å²) in [6.07, 6.45) is 2.92. The van der Waals surface area contributed by atoms with Gasteiger partial charge in [0.15, 0.2) is 0 Å². The van der Waals surface area contributed by atoms with Crippen LogP contribution in [0.2, 0.25) is 0 Å². The monoisotopic (exact) mass is 376 g/mol. The van der Waals surface area contributed by atoms with Gasteiger partial charge in [0.25, 0.3) is 5.91 Å². The maximum atomic E-state index is 12.5. The molecule has 0 unspecified atom stereocenters. The van der Waals surface area contributed by atoms with E-state index >= 15 is 0 Å². The molecule has 28 heavy (non-hydrogen) atoms. The van der Waals surface area contributed by atoms with Crippen molar-refractivity contribution in [3.63, 3.8) is 0 Å². The minimum atomic E-state index is -0.524. The summed E-state index contributed by atoms with van der Waals surface area (Å²) in [7, 11) is 1.29. The van der Waals surface area contributed by atoms with E-state index in [2.05, 4.69) is 15.3 Å². The van der Waals surface area contributed by atoms with Crippen molar-refractivity contribution in [1.29, 1.82) is 0 Å². The molecule has 7 nitrogen and oxygen atoms in total. The highest BCUT2D eigenvalue weighted by Crippen LogP contribution is 2.21. The number of nitrogens with zero attached hydrogens (tertiary/aromatic N) is 3. The van der Waals surface area contributed by atoms with E-state index in [1.807, 2.05) is 42.2 Å². The number of benzene rings is 2. The van der Waals surface area contributed by atoms with E-state index < -0.39 is 11.9 Å². The first-order valence-corrected chi connectivity index (χ1v) is 8.77. The molecular weight excluding hydrogens is 356 g/mol. The molecule has 1 N–H and O–H groups in total. The number of esters is 1. The molecule has 2 aromatic carbocycles. The van der Waals surface area contributed by atoms with Crippen LogP contribution < -0.4 is 10.2 Å². The molecule has 0 fully saturated rings. The van der Waals surface area contributed by atoms with Gasteiger partial charge in [0.2, 0.25) is 5.95 Å². The van der Waals surface area contributed by atoms with Crippen molar-refractivity contribution in [2.45, 2.75) is 6.92 Å². The van der Waals surface area contributed by atoms with Crippen molar-refractivity contribution in [2.75, 3.05) is 23.9 Å². The molecule has 0 saturated carbocycles. The third-order valence-electron chi connectivity index (χ3n) is 4.11. The number of para-hydroxylation sites is 2. The summed E-state index contributed by atoms with van der Waals surface area (Å²) in [6.45, 7) is 2.68. The number of carbonyl (C=O) groups is 2. The molecule has 7 heteroatoms. The average molecular weight is 376 g/mol. The number of carbonyl (C=O) groups excluding carboxylic acids is 2. The average Bonchev–Trinajstić information content (AvgIpc) is 2.75. The van der Waals surface area contributed by atoms with E-state index in [1.165, 1.54) is 19.5 Å². The van der Waals surface area contributed by atoms with Crippen LogP contribution in [0.25, 0.3) is 0 Å². The van der Waals surface area contributed by atoms with Crippen LogP contribution in [-0.4, -0.2) is 35.5 Å². The molecule has 0 radical (unpaired) electrons. The van der Waals surface area contributed by atoms with Gasteiger partial charge in [-0.25, -0.2) is 14.8 Å². The van der Waals surface area contributed by atoms with Crippen LogP contribution in [0.5, 0.6) is 0 Å². The lowest BCUT2D eigenvalue weighted by atomic mass is 10.1. The van der Waals surface area contributed by atoms with Crippen LogP contribution in [0.4, 0.5) is 17.3 Å². The van der Waals surface area contributed by atoms with Gasteiger partial charge in [-0.2, -0.15) is 0 Å². The van der Waals surface area contributed by atoms with Crippen LogP contribution in [0.1, 0.15) is 27.6 Å². The Morgan fingerprint density at radius 1 is 1.00 bits per heavy atom. The number of rotatable bonds is 6.